The number of aromatic nitrogens is 3. The van der Waals surface area contributed by atoms with Crippen LogP contribution in [0.3, 0.4) is 0 Å². The van der Waals surface area contributed by atoms with Crippen LogP contribution in [0.15, 0.2) is 42.7 Å². The van der Waals surface area contributed by atoms with Crippen molar-refractivity contribution in [2.45, 2.75) is 18.7 Å². The monoisotopic (exact) mass is 451 g/mol. The number of benzene rings is 1. The van der Waals surface area contributed by atoms with Gasteiger partial charge in [0.15, 0.2) is 5.13 Å². The first kappa shape index (κ1) is 21.5. The summed E-state index contributed by atoms with van der Waals surface area (Å²) in [6.45, 7) is 2.05. The number of nitrogens with zero attached hydrogens (tertiary/aromatic N) is 4. The van der Waals surface area contributed by atoms with Crippen molar-refractivity contribution in [1.29, 1.82) is 0 Å². The van der Waals surface area contributed by atoms with E-state index < -0.39 is 11.9 Å². The Labute approximate surface area is 180 Å². The van der Waals surface area contributed by atoms with Gasteiger partial charge < -0.3 is 20.1 Å². The van der Waals surface area contributed by atoms with Crippen LogP contribution in [-0.4, -0.2) is 52.5 Å². The summed E-state index contributed by atoms with van der Waals surface area (Å²) in [5, 5.41) is 12.8. The Morgan fingerprint density at radius 3 is 2.94 bits per heavy atom. The Morgan fingerprint density at radius 2 is 2.13 bits per heavy atom. The molecule has 2 aromatic heterocycles. The first-order valence-corrected chi connectivity index (χ1v) is 10.4. The van der Waals surface area contributed by atoms with E-state index in [0.717, 1.165) is 34.4 Å². The van der Waals surface area contributed by atoms with Crippen LogP contribution < -0.4 is 10.2 Å². The topological polar surface area (TPSA) is 83.4 Å². The molecule has 0 saturated carbocycles. The van der Waals surface area contributed by atoms with Crippen LogP contribution in [0.4, 0.5) is 29.9 Å². The highest BCUT2D eigenvalue weighted by Gasteiger charge is 2.32. The molecule has 0 amide bonds. The van der Waals surface area contributed by atoms with Gasteiger partial charge in [0.25, 0.3) is 0 Å². The van der Waals surface area contributed by atoms with Gasteiger partial charge in [-0.05, 0) is 30.2 Å². The maximum atomic E-state index is 12.9. The molecule has 164 valence electrons. The molecule has 31 heavy (non-hydrogen) atoms. The fourth-order valence-corrected chi connectivity index (χ4v) is 4.16. The number of hydrogen-bond donors (Lipinski definition) is 2. The normalized spacial score (nSPS) is 17.0. The van der Waals surface area contributed by atoms with Gasteiger partial charge in [-0.15, -0.1) is 0 Å². The number of aliphatic hydroxyl groups is 1. The number of alkyl halides is 3. The number of rotatable bonds is 6. The molecule has 4 rings (SSSR count). The van der Waals surface area contributed by atoms with E-state index in [1.165, 1.54) is 11.3 Å². The molecule has 0 aliphatic carbocycles. The fraction of sp³-hybridized carbons (Fsp3) is 0.350. The maximum absolute atomic E-state index is 12.9. The molecule has 3 heterocycles. The Morgan fingerprint density at radius 1 is 1.26 bits per heavy atom. The number of anilines is 3. The average molecular weight is 451 g/mol. The molecule has 0 spiro atoms. The second-order valence-corrected chi connectivity index (χ2v) is 7.94. The van der Waals surface area contributed by atoms with Crippen molar-refractivity contribution in [1.82, 2.24) is 15.0 Å². The zero-order valence-electron chi connectivity index (χ0n) is 16.3. The van der Waals surface area contributed by atoms with Crippen molar-refractivity contribution in [3.63, 3.8) is 0 Å². The maximum Gasteiger partial charge on any atom is 0.433 e. The minimum absolute atomic E-state index is 0.0221. The van der Waals surface area contributed by atoms with E-state index in [0.29, 0.717) is 25.3 Å². The lowest BCUT2D eigenvalue weighted by Crippen LogP contribution is -2.42. The van der Waals surface area contributed by atoms with Crippen molar-refractivity contribution in [2.75, 3.05) is 36.5 Å². The number of ether oxygens (including phenoxy) is 1. The van der Waals surface area contributed by atoms with Crippen LogP contribution in [0, 0.1) is 0 Å². The highest BCUT2D eigenvalue weighted by molar-refractivity contribution is 7.18. The average Bonchev–Trinajstić information content (AvgIpc) is 3.25. The van der Waals surface area contributed by atoms with Gasteiger partial charge in [0.1, 0.15) is 5.69 Å². The molecule has 3 aromatic rings. The van der Waals surface area contributed by atoms with Crippen LogP contribution in [-0.2, 0) is 10.9 Å². The summed E-state index contributed by atoms with van der Waals surface area (Å²) >= 11 is 1.52. The minimum atomic E-state index is -4.53. The lowest BCUT2D eigenvalue weighted by molar-refractivity contribution is -0.141. The molecule has 11 heteroatoms. The lowest BCUT2D eigenvalue weighted by atomic mass is 10.2. The number of aliphatic hydroxyl groups excluding tert-OH is 1. The summed E-state index contributed by atoms with van der Waals surface area (Å²) in [6, 6.07) is 8.09. The second-order valence-electron chi connectivity index (χ2n) is 6.93. The van der Waals surface area contributed by atoms with E-state index in [1.54, 1.807) is 18.3 Å². The number of nitrogens with one attached hydrogen (secondary N) is 1. The quantitative estimate of drug-likeness (QED) is 0.587. The molecule has 1 fully saturated rings. The lowest BCUT2D eigenvalue weighted by Gasteiger charge is -2.32. The van der Waals surface area contributed by atoms with Gasteiger partial charge in [0, 0.05) is 37.8 Å². The highest BCUT2D eigenvalue weighted by atomic mass is 32.1. The molecule has 0 bridgehead atoms. The Balaban J connectivity index is 1.49. The van der Waals surface area contributed by atoms with Gasteiger partial charge in [-0.2, -0.15) is 13.2 Å². The van der Waals surface area contributed by atoms with E-state index in [2.05, 4.69) is 25.2 Å². The van der Waals surface area contributed by atoms with Gasteiger partial charge in [0.05, 0.1) is 17.6 Å². The van der Waals surface area contributed by atoms with E-state index in [9.17, 15) is 13.2 Å². The van der Waals surface area contributed by atoms with E-state index in [4.69, 9.17) is 9.84 Å². The van der Waals surface area contributed by atoms with Crippen molar-refractivity contribution >= 4 is 28.1 Å². The largest absolute Gasteiger partial charge is 0.433 e. The Hall–Kier alpha value is -2.76. The first-order valence-electron chi connectivity index (χ1n) is 9.63. The molecule has 1 unspecified atom stereocenters. The van der Waals surface area contributed by atoms with Gasteiger partial charge in [-0.3, -0.25) is 0 Å². The second kappa shape index (κ2) is 9.16. The van der Waals surface area contributed by atoms with Crippen molar-refractivity contribution in [2.24, 2.45) is 0 Å². The molecular formula is C20H20F3N5O2S. The molecular weight excluding hydrogens is 431 g/mol. The number of morpholine rings is 1. The summed E-state index contributed by atoms with van der Waals surface area (Å²) in [4.78, 5) is 15.0. The predicted octanol–water partition coefficient (Wildman–Crippen LogP) is 3.95. The summed E-state index contributed by atoms with van der Waals surface area (Å²) in [6.07, 6.45) is -1.12. The third-order valence-electron chi connectivity index (χ3n) is 4.70. The summed E-state index contributed by atoms with van der Waals surface area (Å²) in [5.41, 5.74) is 0.445. The molecule has 1 aliphatic heterocycles. The standard InChI is InChI=1S/C20H20F3N5O2S/c21-20(22,23)17-4-6-24-18(27-17)26-14-3-1-2-13(10-14)16-11-25-19(31-16)28-7-9-30-15(12-28)5-8-29/h1-4,6,10-11,15,29H,5,7-9,12H2,(H,24,26,27). The van der Waals surface area contributed by atoms with Crippen molar-refractivity contribution in [3.8, 4) is 10.4 Å². The molecule has 2 N–H and O–H groups in total. The number of hydrogen-bond acceptors (Lipinski definition) is 8. The third-order valence-corrected chi connectivity index (χ3v) is 5.81. The van der Waals surface area contributed by atoms with E-state index >= 15 is 0 Å². The van der Waals surface area contributed by atoms with Gasteiger partial charge in [0.2, 0.25) is 5.95 Å². The van der Waals surface area contributed by atoms with E-state index in [1.807, 2.05) is 12.1 Å². The SMILES string of the molecule is OCCC1CN(c2ncc(-c3cccc(Nc4nccc(C(F)(F)F)n4)c3)s2)CCO1. The number of thiazole rings is 1. The molecule has 1 aromatic carbocycles. The zero-order chi connectivity index (χ0) is 21.8. The van der Waals surface area contributed by atoms with Crippen LogP contribution in [0.2, 0.25) is 0 Å². The smallest absolute Gasteiger partial charge is 0.396 e. The number of halogens is 3. The molecule has 1 atom stereocenters. The fourth-order valence-electron chi connectivity index (χ4n) is 3.21. The first-order chi connectivity index (χ1) is 14.9. The Kier molecular flexibility index (Phi) is 6.35. The summed E-state index contributed by atoms with van der Waals surface area (Å²) in [5.74, 6) is -0.125. The van der Waals surface area contributed by atoms with Crippen molar-refractivity contribution in [3.05, 3.63) is 48.4 Å². The van der Waals surface area contributed by atoms with E-state index in [-0.39, 0.29) is 18.7 Å². The Bertz CT molecular complexity index is 1030. The molecule has 0 radical (unpaired) electrons. The predicted molar refractivity (Wildman–Crippen MR) is 112 cm³/mol. The van der Waals surface area contributed by atoms with Gasteiger partial charge in [-0.1, -0.05) is 23.5 Å². The van der Waals surface area contributed by atoms with Gasteiger partial charge >= 0.3 is 6.18 Å². The van der Waals surface area contributed by atoms with Crippen LogP contribution >= 0.6 is 11.3 Å². The molecule has 7 nitrogen and oxygen atoms in total. The highest BCUT2D eigenvalue weighted by Crippen LogP contribution is 2.34. The van der Waals surface area contributed by atoms with Crippen LogP contribution in [0.1, 0.15) is 12.1 Å². The van der Waals surface area contributed by atoms with Crippen LogP contribution in [0.5, 0.6) is 0 Å². The molecule has 1 aliphatic rings. The molecule has 1 saturated heterocycles. The minimum Gasteiger partial charge on any atom is -0.396 e. The summed E-state index contributed by atoms with van der Waals surface area (Å²) < 4.78 is 44.2. The zero-order valence-corrected chi connectivity index (χ0v) is 17.2. The summed E-state index contributed by atoms with van der Waals surface area (Å²) in [7, 11) is 0. The van der Waals surface area contributed by atoms with Crippen molar-refractivity contribution < 1.29 is 23.0 Å². The van der Waals surface area contributed by atoms with Gasteiger partial charge in [-0.25, -0.2) is 15.0 Å². The van der Waals surface area contributed by atoms with Crippen LogP contribution in [0.25, 0.3) is 10.4 Å². The third kappa shape index (κ3) is 5.30.